The molecule has 2 N–H and O–H groups in total. The molecule has 4 aromatic rings. The van der Waals surface area contributed by atoms with E-state index in [9.17, 15) is 27.7 Å². The molecular formula is C27H21FN6O4S2. The van der Waals surface area contributed by atoms with E-state index in [0.717, 1.165) is 17.7 Å². The highest BCUT2D eigenvalue weighted by molar-refractivity contribution is 7.94. The molecule has 2 amide bonds. The highest BCUT2D eigenvalue weighted by Crippen LogP contribution is 2.40. The lowest BCUT2D eigenvalue weighted by Crippen LogP contribution is -2.35. The number of sulfonamides is 1. The Morgan fingerprint density at radius 1 is 1.12 bits per heavy atom. The first-order valence-electron chi connectivity index (χ1n) is 11.9. The highest BCUT2D eigenvalue weighted by Gasteiger charge is 2.38. The van der Waals surface area contributed by atoms with E-state index in [0.29, 0.717) is 22.4 Å². The van der Waals surface area contributed by atoms with Crippen LogP contribution in [0.5, 0.6) is 0 Å². The van der Waals surface area contributed by atoms with Crippen LogP contribution in [0.4, 0.5) is 10.1 Å². The number of rotatable bonds is 7. The zero-order chi connectivity index (χ0) is 28.4. The number of anilines is 1. The number of carbonyl (C=O) groups is 2. The van der Waals surface area contributed by atoms with Crippen LogP contribution in [0.2, 0.25) is 0 Å². The maximum absolute atomic E-state index is 13.5. The summed E-state index contributed by atoms with van der Waals surface area (Å²) in [7, 11) is -3.93. The number of nitriles is 1. The second kappa shape index (κ2) is 10.8. The predicted molar refractivity (Wildman–Crippen MR) is 145 cm³/mol. The first kappa shape index (κ1) is 26.9. The van der Waals surface area contributed by atoms with Gasteiger partial charge in [-0.25, -0.2) is 22.8 Å². The molecule has 0 bridgehead atoms. The Labute approximate surface area is 233 Å². The number of nitrogens with one attached hydrogen (secondary N) is 2. The van der Waals surface area contributed by atoms with Gasteiger partial charge in [-0.1, -0.05) is 24.3 Å². The Morgan fingerprint density at radius 2 is 1.90 bits per heavy atom. The molecule has 2 aromatic heterocycles. The maximum Gasteiger partial charge on any atom is 0.273 e. The number of amides is 2. The molecule has 0 unspecified atom stereocenters. The molecule has 0 spiro atoms. The molecule has 0 aliphatic carbocycles. The fourth-order valence-corrected chi connectivity index (χ4v) is 6.89. The Kier molecular flexibility index (Phi) is 7.29. The smallest absolute Gasteiger partial charge is 0.273 e. The number of aryl methyl sites for hydroxylation is 1. The Balaban J connectivity index is 1.34. The monoisotopic (exact) mass is 576 g/mol. The van der Waals surface area contributed by atoms with Crippen LogP contribution in [0.3, 0.4) is 0 Å². The third kappa shape index (κ3) is 5.27. The molecule has 1 aliphatic rings. The molecule has 40 heavy (non-hydrogen) atoms. The van der Waals surface area contributed by atoms with Crippen LogP contribution in [-0.4, -0.2) is 36.7 Å². The largest absolute Gasteiger partial charge is 0.347 e. The van der Waals surface area contributed by atoms with Gasteiger partial charge in [-0.05, 0) is 47.7 Å². The number of fused-ring (bicyclic) bond motifs is 1. The van der Waals surface area contributed by atoms with Crippen LogP contribution in [0.25, 0.3) is 0 Å². The number of hydrogen-bond acceptors (Lipinski definition) is 8. The van der Waals surface area contributed by atoms with Crippen molar-refractivity contribution in [3.8, 4) is 6.07 Å². The van der Waals surface area contributed by atoms with Crippen molar-refractivity contribution in [1.82, 2.24) is 20.6 Å². The Bertz CT molecular complexity index is 1770. The van der Waals surface area contributed by atoms with Gasteiger partial charge in [0, 0.05) is 18.2 Å². The molecule has 2 aromatic carbocycles. The fourth-order valence-electron chi connectivity index (χ4n) is 4.28. The minimum absolute atomic E-state index is 0.0497. The number of aromatic nitrogens is 2. The number of carbonyl (C=O) groups excluding carboxylic acids is 2. The lowest BCUT2D eigenvalue weighted by molar-refractivity contribution is 0.0934. The number of nitrogens with zero attached hydrogens (tertiary/aromatic N) is 4. The standard InChI is InChI=1S/C27H21FN6O4S2/c1-16-9-18(5-7-20(16)28)13-30-26(35)21-11-22(32-15-31-21)27(36)33-23-14-34(40(37,38)25-3-2-8-39-25)24-10-17(12-29)4-6-19(23)24/h2-11,15,23H,13-14H2,1H3,(H,30,35)(H,33,36)/t23-/m1/s1. The molecular weight excluding hydrogens is 555 g/mol. The van der Waals surface area contributed by atoms with Crippen LogP contribution in [0.1, 0.15) is 49.3 Å². The number of benzene rings is 2. The van der Waals surface area contributed by atoms with Gasteiger partial charge in [0.15, 0.2) is 0 Å². The van der Waals surface area contributed by atoms with Gasteiger partial charge in [0.1, 0.15) is 27.7 Å². The molecule has 13 heteroatoms. The summed E-state index contributed by atoms with van der Waals surface area (Å²) in [4.78, 5) is 33.8. The average molecular weight is 577 g/mol. The number of halogens is 1. The molecule has 0 radical (unpaired) electrons. The second-order valence-electron chi connectivity index (χ2n) is 8.93. The molecule has 202 valence electrons. The van der Waals surface area contributed by atoms with Gasteiger partial charge in [0.05, 0.1) is 29.9 Å². The van der Waals surface area contributed by atoms with Crippen LogP contribution in [0, 0.1) is 24.1 Å². The van der Waals surface area contributed by atoms with Gasteiger partial charge < -0.3 is 10.6 Å². The van der Waals surface area contributed by atoms with Gasteiger partial charge in [-0.2, -0.15) is 5.26 Å². The van der Waals surface area contributed by atoms with Crippen molar-refractivity contribution in [2.75, 3.05) is 10.8 Å². The van der Waals surface area contributed by atoms with Crippen molar-refractivity contribution < 1.29 is 22.4 Å². The topological polar surface area (TPSA) is 145 Å². The van der Waals surface area contributed by atoms with Gasteiger partial charge >= 0.3 is 0 Å². The molecule has 0 saturated heterocycles. The number of thiophene rings is 1. The van der Waals surface area contributed by atoms with E-state index < -0.39 is 27.9 Å². The summed E-state index contributed by atoms with van der Waals surface area (Å²) >= 11 is 1.07. The summed E-state index contributed by atoms with van der Waals surface area (Å²) in [6.07, 6.45) is 1.08. The highest BCUT2D eigenvalue weighted by atomic mass is 32.2. The summed E-state index contributed by atoms with van der Waals surface area (Å²) in [5.74, 6) is -1.53. The zero-order valence-electron chi connectivity index (χ0n) is 21.0. The third-order valence-electron chi connectivity index (χ3n) is 6.30. The van der Waals surface area contributed by atoms with E-state index in [2.05, 4.69) is 20.6 Å². The molecule has 0 fully saturated rings. The van der Waals surface area contributed by atoms with Gasteiger partial charge in [0.2, 0.25) is 0 Å². The second-order valence-corrected chi connectivity index (χ2v) is 12.0. The summed E-state index contributed by atoms with van der Waals surface area (Å²) in [6, 6.07) is 14.8. The van der Waals surface area contributed by atoms with Gasteiger partial charge in [-0.3, -0.25) is 13.9 Å². The van der Waals surface area contributed by atoms with Crippen molar-refractivity contribution >= 4 is 38.9 Å². The lowest BCUT2D eigenvalue weighted by atomic mass is 10.1. The summed E-state index contributed by atoms with van der Waals surface area (Å²) < 4.78 is 41.5. The van der Waals surface area contributed by atoms with E-state index in [1.807, 2.05) is 6.07 Å². The van der Waals surface area contributed by atoms with Gasteiger partial charge in [0.25, 0.3) is 21.8 Å². The first-order chi connectivity index (χ1) is 19.2. The number of hydrogen-bond donors (Lipinski definition) is 2. The minimum Gasteiger partial charge on any atom is -0.347 e. The van der Waals surface area contributed by atoms with Crippen LogP contribution in [-0.2, 0) is 16.6 Å². The molecule has 3 heterocycles. The normalized spacial score (nSPS) is 14.3. The third-order valence-corrected chi connectivity index (χ3v) is 9.46. The Hall–Kier alpha value is -4.67. The molecule has 1 atom stereocenters. The van der Waals surface area contributed by atoms with Gasteiger partial charge in [-0.15, -0.1) is 11.3 Å². The average Bonchev–Trinajstić information content (AvgIpc) is 3.63. The van der Waals surface area contributed by atoms with Crippen molar-refractivity contribution in [2.24, 2.45) is 0 Å². The molecule has 5 rings (SSSR count). The molecule has 10 nitrogen and oxygen atoms in total. The molecule has 0 saturated carbocycles. The SMILES string of the molecule is Cc1cc(CNC(=O)c2cc(C(=O)N[C@@H]3CN(S(=O)(=O)c4cccs4)c4cc(C#N)ccc43)ncn2)ccc1F. The van der Waals surface area contributed by atoms with Crippen molar-refractivity contribution in [3.05, 3.63) is 106 Å². The van der Waals surface area contributed by atoms with Crippen molar-refractivity contribution in [1.29, 1.82) is 5.26 Å². The van der Waals surface area contributed by atoms with E-state index in [-0.39, 0.29) is 40.1 Å². The van der Waals surface area contributed by atoms with Crippen LogP contribution in [0.15, 0.2) is 70.5 Å². The summed E-state index contributed by atoms with van der Waals surface area (Å²) in [6.45, 7) is 1.66. The summed E-state index contributed by atoms with van der Waals surface area (Å²) in [5, 5.41) is 16.5. The minimum atomic E-state index is -3.93. The summed E-state index contributed by atoms with van der Waals surface area (Å²) in [5.41, 5.74) is 2.11. The van der Waals surface area contributed by atoms with Crippen molar-refractivity contribution in [2.45, 2.75) is 23.7 Å². The van der Waals surface area contributed by atoms with Crippen LogP contribution >= 0.6 is 11.3 Å². The fraction of sp³-hybridized carbons (Fsp3) is 0.148. The predicted octanol–water partition coefficient (Wildman–Crippen LogP) is 3.47. The maximum atomic E-state index is 13.5. The zero-order valence-corrected chi connectivity index (χ0v) is 22.6. The quantitative estimate of drug-likeness (QED) is 0.343. The van der Waals surface area contributed by atoms with E-state index in [4.69, 9.17) is 0 Å². The Morgan fingerprint density at radius 3 is 2.60 bits per heavy atom. The lowest BCUT2D eigenvalue weighted by Gasteiger charge is -2.19. The van der Waals surface area contributed by atoms with Crippen molar-refractivity contribution in [3.63, 3.8) is 0 Å². The van der Waals surface area contributed by atoms with E-state index in [1.165, 1.54) is 28.6 Å². The molecule has 1 aliphatic heterocycles. The van der Waals surface area contributed by atoms with E-state index in [1.54, 1.807) is 42.6 Å². The van der Waals surface area contributed by atoms with Crippen LogP contribution < -0.4 is 14.9 Å². The van der Waals surface area contributed by atoms with E-state index >= 15 is 0 Å². The first-order valence-corrected chi connectivity index (χ1v) is 14.3.